The zero-order chi connectivity index (χ0) is 15.8. The lowest BCUT2D eigenvalue weighted by atomic mass is 10.1. The highest BCUT2D eigenvalue weighted by molar-refractivity contribution is 6.15. The molecule has 0 saturated heterocycles. The fourth-order valence-corrected chi connectivity index (χ4v) is 3.28. The molecule has 0 N–H and O–H groups in total. The average Bonchev–Trinajstić information content (AvgIpc) is 3.28. The molecule has 0 spiro atoms. The molecule has 24 heavy (non-hydrogen) atoms. The highest BCUT2D eigenvalue weighted by Gasteiger charge is 2.22. The smallest absolute Gasteiger partial charge is 0.348 e. The fraction of sp³-hybridized carbons (Fsp3) is 0.0556. The van der Waals surface area contributed by atoms with Gasteiger partial charge in [-0.25, -0.2) is 4.79 Å². The van der Waals surface area contributed by atoms with Gasteiger partial charge in [0.25, 0.3) is 0 Å². The SMILES string of the molecule is O=c1oc2cc3occc3cc2c2oc3cc4c(cc3c12)OCO4. The summed E-state index contributed by atoms with van der Waals surface area (Å²) >= 11 is 0. The van der Waals surface area contributed by atoms with E-state index in [1.165, 1.54) is 0 Å². The number of hydrogen-bond acceptors (Lipinski definition) is 6. The first kappa shape index (κ1) is 12.1. The number of furan rings is 2. The molecule has 2 aromatic carbocycles. The Kier molecular flexibility index (Phi) is 1.97. The Balaban J connectivity index is 1.86. The van der Waals surface area contributed by atoms with Crippen LogP contribution in [0, 0.1) is 0 Å². The van der Waals surface area contributed by atoms with Crippen LogP contribution in [-0.4, -0.2) is 6.79 Å². The highest BCUT2D eigenvalue weighted by Crippen LogP contribution is 2.41. The van der Waals surface area contributed by atoms with Crippen LogP contribution in [0.15, 0.2) is 54.6 Å². The standard InChI is InChI=1S/C18H8O6/c19-18-16-9-4-14-15(22-7-21-14)6-12(9)23-17(16)10-3-8-1-2-20-11(8)5-13(10)24-18/h1-6H,7H2. The lowest BCUT2D eigenvalue weighted by Crippen LogP contribution is -1.98. The molecular weight excluding hydrogens is 312 g/mol. The molecule has 0 bridgehead atoms. The third kappa shape index (κ3) is 1.38. The molecule has 1 aliphatic heterocycles. The first-order valence-electron chi connectivity index (χ1n) is 7.38. The summed E-state index contributed by atoms with van der Waals surface area (Å²) in [7, 11) is 0. The van der Waals surface area contributed by atoms with Gasteiger partial charge >= 0.3 is 5.63 Å². The van der Waals surface area contributed by atoms with Gasteiger partial charge in [-0.1, -0.05) is 0 Å². The van der Waals surface area contributed by atoms with Crippen LogP contribution < -0.4 is 15.1 Å². The Hall–Kier alpha value is -3.41. The first-order valence-corrected chi connectivity index (χ1v) is 7.38. The summed E-state index contributed by atoms with van der Waals surface area (Å²) in [6.07, 6.45) is 1.59. The topological polar surface area (TPSA) is 75.0 Å². The predicted octanol–water partition coefficient (Wildman–Crippen LogP) is 4.17. The van der Waals surface area contributed by atoms with Gasteiger partial charge in [0.05, 0.1) is 11.6 Å². The van der Waals surface area contributed by atoms with Crippen LogP contribution in [0.4, 0.5) is 0 Å². The molecule has 0 aliphatic carbocycles. The molecule has 0 fully saturated rings. The van der Waals surface area contributed by atoms with Gasteiger partial charge in [-0.2, -0.15) is 0 Å². The van der Waals surface area contributed by atoms with Crippen LogP contribution in [0.3, 0.4) is 0 Å². The number of hydrogen-bond donors (Lipinski definition) is 0. The van der Waals surface area contributed by atoms with E-state index >= 15 is 0 Å². The van der Waals surface area contributed by atoms with Gasteiger partial charge < -0.3 is 22.7 Å². The van der Waals surface area contributed by atoms with Crippen LogP contribution >= 0.6 is 0 Å². The van der Waals surface area contributed by atoms with Crippen molar-refractivity contribution in [3.05, 3.63) is 47.0 Å². The van der Waals surface area contributed by atoms with Gasteiger partial charge in [-0.15, -0.1) is 0 Å². The van der Waals surface area contributed by atoms with E-state index in [1.807, 2.05) is 12.1 Å². The molecule has 0 atom stereocenters. The minimum absolute atomic E-state index is 0.163. The van der Waals surface area contributed by atoms with Crippen LogP contribution in [0.1, 0.15) is 0 Å². The van der Waals surface area contributed by atoms with E-state index in [-0.39, 0.29) is 6.79 Å². The maximum absolute atomic E-state index is 12.5. The summed E-state index contributed by atoms with van der Waals surface area (Å²) in [6.45, 7) is 0.163. The Morgan fingerprint density at radius 1 is 0.833 bits per heavy atom. The second-order valence-corrected chi connectivity index (χ2v) is 5.70. The molecule has 6 nitrogen and oxygen atoms in total. The van der Waals surface area contributed by atoms with Crippen molar-refractivity contribution >= 4 is 43.9 Å². The van der Waals surface area contributed by atoms with Crippen molar-refractivity contribution in [2.75, 3.05) is 6.79 Å². The largest absolute Gasteiger partial charge is 0.464 e. The van der Waals surface area contributed by atoms with Gasteiger partial charge in [0.1, 0.15) is 22.1 Å². The molecule has 5 aromatic rings. The molecule has 1 aliphatic rings. The van der Waals surface area contributed by atoms with Crippen molar-refractivity contribution in [1.29, 1.82) is 0 Å². The molecule has 3 aromatic heterocycles. The van der Waals surface area contributed by atoms with Crippen LogP contribution in [-0.2, 0) is 0 Å². The minimum Gasteiger partial charge on any atom is -0.464 e. The van der Waals surface area contributed by atoms with Crippen molar-refractivity contribution in [2.45, 2.75) is 0 Å². The van der Waals surface area contributed by atoms with Crippen molar-refractivity contribution in [3.8, 4) is 11.5 Å². The van der Waals surface area contributed by atoms with Crippen molar-refractivity contribution < 1.29 is 22.7 Å². The number of rotatable bonds is 0. The number of ether oxygens (including phenoxy) is 2. The molecule has 6 rings (SSSR count). The van der Waals surface area contributed by atoms with E-state index in [9.17, 15) is 4.79 Å². The molecule has 0 saturated carbocycles. The monoisotopic (exact) mass is 320 g/mol. The maximum Gasteiger partial charge on any atom is 0.348 e. The quantitative estimate of drug-likeness (QED) is 0.399. The number of benzene rings is 2. The van der Waals surface area contributed by atoms with Crippen LogP contribution in [0.5, 0.6) is 11.5 Å². The predicted molar refractivity (Wildman–Crippen MR) is 85.7 cm³/mol. The number of fused-ring (bicyclic) bond motifs is 7. The lowest BCUT2D eigenvalue weighted by molar-refractivity contribution is 0.174. The summed E-state index contributed by atoms with van der Waals surface area (Å²) < 4.78 is 27.6. The molecule has 6 heteroatoms. The van der Waals surface area contributed by atoms with Crippen LogP contribution in [0.2, 0.25) is 0 Å². The Morgan fingerprint density at radius 2 is 1.67 bits per heavy atom. The van der Waals surface area contributed by atoms with Gasteiger partial charge in [0.2, 0.25) is 6.79 Å². The van der Waals surface area contributed by atoms with Crippen molar-refractivity contribution in [1.82, 2.24) is 0 Å². The first-order chi connectivity index (χ1) is 11.8. The summed E-state index contributed by atoms with van der Waals surface area (Å²) in [5.41, 5.74) is 1.67. The van der Waals surface area contributed by atoms with E-state index in [0.29, 0.717) is 44.6 Å². The van der Waals surface area contributed by atoms with Gasteiger partial charge in [-0.3, -0.25) is 0 Å². The summed E-state index contributed by atoms with van der Waals surface area (Å²) in [4.78, 5) is 12.5. The normalized spacial score (nSPS) is 13.7. The van der Waals surface area contributed by atoms with E-state index in [1.54, 1.807) is 24.5 Å². The molecule has 0 amide bonds. The Labute approximate surface area is 132 Å². The van der Waals surface area contributed by atoms with Crippen molar-refractivity contribution in [3.63, 3.8) is 0 Å². The molecule has 0 radical (unpaired) electrons. The summed E-state index contributed by atoms with van der Waals surface area (Å²) in [5, 5.41) is 2.68. The van der Waals surface area contributed by atoms with Crippen LogP contribution in [0.25, 0.3) is 43.9 Å². The van der Waals surface area contributed by atoms with E-state index in [2.05, 4.69) is 0 Å². The van der Waals surface area contributed by atoms with Gasteiger partial charge in [0.15, 0.2) is 17.1 Å². The lowest BCUT2D eigenvalue weighted by Gasteiger charge is -1.97. The highest BCUT2D eigenvalue weighted by atomic mass is 16.7. The van der Waals surface area contributed by atoms with Gasteiger partial charge in [0, 0.05) is 22.9 Å². The zero-order valence-electron chi connectivity index (χ0n) is 12.1. The molecular formula is C18H8O6. The average molecular weight is 320 g/mol. The second kappa shape index (κ2) is 3.91. The maximum atomic E-state index is 12.5. The molecule has 0 unspecified atom stereocenters. The Bertz CT molecular complexity index is 1350. The van der Waals surface area contributed by atoms with E-state index in [0.717, 1.165) is 10.8 Å². The van der Waals surface area contributed by atoms with Crippen molar-refractivity contribution in [2.24, 2.45) is 0 Å². The minimum atomic E-state index is -0.457. The summed E-state index contributed by atoms with van der Waals surface area (Å²) in [5.74, 6) is 1.20. The third-order valence-corrected chi connectivity index (χ3v) is 4.39. The Morgan fingerprint density at radius 3 is 2.58 bits per heavy atom. The summed E-state index contributed by atoms with van der Waals surface area (Å²) in [6, 6.07) is 8.93. The second-order valence-electron chi connectivity index (χ2n) is 5.70. The van der Waals surface area contributed by atoms with Gasteiger partial charge in [-0.05, 0) is 18.2 Å². The zero-order valence-corrected chi connectivity index (χ0v) is 12.1. The molecule has 4 heterocycles. The van der Waals surface area contributed by atoms with E-state index < -0.39 is 5.63 Å². The molecule has 116 valence electrons. The fourth-order valence-electron chi connectivity index (χ4n) is 3.28. The third-order valence-electron chi connectivity index (χ3n) is 4.39. The van der Waals surface area contributed by atoms with E-state index in [4.69, 9.17) is 22.7 Å².